The molecule has 1 aliphatic rings. The number of hydrogen-bond donors (Lipinski definition) is 2. The molecule has 2 aromatic carbocycles. The summed E-state index contributed by atoms with van der Waals surface area (Å²) in [4.78, 5) is 12.2. The van der Waals surface area contributed by atoms with Crippen LogP contribution in [0.1, 0.15) is 17.5 Å². The molecule has 0 saturated carbocycles. The minimum atomic E-state index is 0.00805. The van der Waals surface area contributed by atoms with Gasteiger partial charge < -0.3 is 20.1 Å². The van der Waals surface area contributed by atoms with Crippen molar-refractivity contribution in [2.75, 3.05) is 19.8 Å². The van der Waals surface area contributed by atoms with Crippen LogP contribution in [0.15, 0.2) is 48.5 Å². The number of hydrogen-bond acceptors (Lipinski definition) is 4. The highest BCUT2D eigenvalue weighted by atomic mass is 16.5. The summed E-state index contributed by atoms with van der Waals surface area (Å²) < 4.78 is 11.4. The fourth-order valence-corrected chi connectivity index (χ4v) is 2.78. The second-order valence-corrected chi connectivity index (χ2v) is 6.18. The highest BCUT2D eigenvalue weighted by Gasteiger charge is 2.17. The Bertz CT molecular complexity index is 712. The zero-order valence-electron chi connectivity index (χ0n) is 14.5. The van der Waals surface area contributed by atoms with Crippen molar-refractivity contribution in [1.29, 1.82) is 0 Å². The Hall–Kier alpha value is -2.37. The molecular weight excluding hydrogens is 316 g/mol. The standard InChI is InChI=1S/C20H24N2O3/c1-15-6-2-4-8-18(15)25-19-9-5-3-7-16(19)13-22-20(23)12-17-14-24-11-10-21-17/h2-9,17,21H,10-14H2,1H3,(H,22,23). The van der Waals surface area contributed by atoms with Crippen molar-refractivity contribution in [2.24, 2.45) is 0 Å². The summed E-state index contributed by atoms with van der Waals surface area (Å²) >= 11 is 0. The lowest BCUT2D eigenvalue weighted by Gasteiger charge is -2.23. The molecule has 1 saturated heterocycles. The number of morpholine rings is 1. The number of para-hydroxylation sites is 2. The van der Waals surface area contributed by atoms with Crippen LogP contribution in [0.2, 0.25) is 0 Å². The molecule has 0 aromatic heterocycles. The predicted molar refractivity (Wildman–Crippen MR) is 96.8 cm³/mol. The Morgan fingerprint density at radius 2 is 1.96 bits per heavy atom. The fourth-order valence-electron chi connectivity index (χ4n) is 2.78. The van der Waals surface area contributed by atoms with Gasteiger partial charge in [0.15, 0.2) is 0 Å². The number of carbonyl (C=O) groups is 1. The van der Waals surface area contributed by atoms with E-state index in [0.29, 0.717) is 26.2 Å². The van der Waals surface area contributed by atoms with E-state index in [1.54, 1.807) is 0 Å². The molecule has 25 heavy (non-hydrogen) atoms. The first-order valence-corrected chi connectivity index (χ1v) is 8.61. The van der Waals surface area contributed by atoms with Crippen LogP contribution in [0, 0.1) is 6.92 Å². The summed E-state index contributed by atoms with van der Waals surface area (Å²) in [5.74, 6) is 1.59. The molecule has 1 fully saturated rings. The van der Waals surface area contributed by atoms with Gasteiger partial charge in [0, 0.05) is 31.1 Å². The van der Waals surface area contributed by atoms with Crippen molar-refractivity contribution in [1.82, 2.24) is 10.6 Å². The van der Waals surface area contributed by atoms with Gasteiger partial charge in [-0.05, 0) is 24.6 Å². The van der Waals surface area contributed by atoms with Gasteiger partial charge in [0.1, 0.15) is 11.5 Å². The third kappa shape index (κ3) is 5.05. The molecule has 1 atom stereocenters. The van der Waals surface area contributed by atoms with E-state index in [-0.39, 0.29) is 11.9 Å². The Morgan fingerprint density at radius 1 is 1.20 bits per heavy atom. The monoisotopic (exact) mass is 340 g/mol. The molecule has 2 aromatic rings. The molecule has 5 nitrogen and oxygen atoms in total. The van der Waals surface area contributed by atoms with Crippen molar-refractivity contribution in [3.63, 3.8) is 0 Å². The Morgan fingerprint density at radius 3 is 2.72 bits per heavy atom. The van der Waals surface area contributed by atoms with Gasteiger partial charge >= 0.3 is 0 Å². The van der Waals surface area contributed by atoms with E-state index in [1.165, 1.54) is 0 Å². The van der Waals surface area contributed by atoms with E-state index in [0.717, 1.165) is 29.2 Å². The van der Waals surface area contributed by atoms with Crippen molar-refractivity contribution >= 4 is 5.91 Å². The lowest BCUT2D eigenvalue weighted by atomic mass is 10.1. The molecule has 1 unspecified atom stereocenters. The maximum Gasteiger partial charge on any atom is 0.221 e. The van der Waals surface area contributed by atoms with E-state index in [2.05, 4.69) is 10.6 Å². The lowest BCUT2D eigenvalue weighted by molar-refractivity contribution is -0.122. The van der Waals surface area contributed by atoms with Crippen LogP contribution in [0.4, 0.5) is 0 Å². The molecule has 0 spiro atoms. The number of ether oxygens (including phenoxy) is 2. The lowest BCUT2D eigenvalue weighted by Crippen LogP contribution is -2.44. The first-order chi connectivity index (χ1) is 12.2. The van der Waals surface area contributed by atoms with E-state index >= 15 is 0 Å². The van der Waals surface area contributed by atoms with E-state index in [9.17, 15) is 4.79 Å². The van der Waals surface area contributed by atoms with Crippen LogP contribution < -0.4 is 15.4 Å². The average Bonchev–Trinajstić information content (AvgIpc) is 2.64. The minimum Gasteiger partial charge on any atom is -0.457 e. The number of rotatable bonds is 6. The van der Waals surface area contributed by atoms with E-state index in [1.807, 2.05) is 55.5 Å². The Kier molecular flexibility index (Phi) is 6.04. The summed E-state index contributed by atoms with van der Waals surface area (Å²) in [6.45, 7) is 4.54. The molecule has 132 valence electrons. The third-order valence-electron chi connectivity index (χ3n) is 4.19. The molecular formula is C20H24N2O3. The maximum absolute atomic E-state index is 12.2. The minimum absolute atomic E-state index is 0.00805. The smallest absolute Gasteiger partial charge is 0.221 e. The summed E-state index contributed by atoms with van der Waals surface area (Å²) in [6, 6.07) is 15.7. The van der Waals surface area contributed by atoms with Gasteiger partial charge in [-0.3, -0.25) is 4.79 Å². The van der Waals surface area contributed by atoms with Gasteiger partial charge in [-0.15, -0.1) is 0 Å². The number of aryl methyl sites for hydroxylation is 1. The summed E-state index contributed by atoms with van der Waals surface area (Å²) in [7, 11) is 0. The van der Waals surface area contributed by atoms with Crippen molar-refractivity contribution in [2.45, 2.75) is 25.9 Å². The first kappa shape index (κ1) is 17.5. The van der Waals surface area contributed by atoms with Crippen LogP contribution in [0.25, 0.3) is 0 Å². The largest absolute Gasteiger partial charge is 0.457 e. The predicted octanol–water partition coefficient (Wildman–Crippen LogP) is 2.78. The third-order valence-corrected chi connectivity index (χ3v) is 4.19. The second kappa shape index (κ2) is 8.65. The Labute approximate surface area is 148 Å². The number of benzene rings is 2. The highest BCUT2D eigenvalue weighted by molar-refractivity contribution is 5.76. The van der Waals surface area contributed by atoms with Crippen LogP contribution in [0.5, 0.6) is 11.5 Å². The van der Waals surface area contributed by atoms with Crippen LogP contribution >= 0.6 is 0 Å². The molecule has 0 radical (unpaired) electrons. The van der Waals surface area contributed by atoms with Gasteiger partial charge in [0.25, 0.3) is 0 Å². The van der Waals surface area contributed by atoms with Gasteiger partial charge in [0.2, 0.25) is 5.91 Å². The number of carbonyl (C=O) groups excluding carboxylic acids is 1. The van der Waals surface area contributed by atoms with Crippen LogP contribution in [-0.2, 0) is 16.1 Å². The van der Waals surface area contributed by atoms with Crippen LogP contribution in [0.3, 0.4) is 0 Å². The SMILES string of the molecule is Cc1ccccc1Oc1ccccc1CNC(=O)CC1COCCN1. The molecule has 1 heterocycles. The zero-order valence-corrected chi connectivity index (χ0v) is 14.5. The van der Waals surface area contributed by atoms with Gasteiger partial charge in [0.05, 0.1) is 13.2 Å². The van der Waals surface area contributed by atoms with Crippen molar-refractivity contribution in [3.8, 4) is 11.5 Å². The van der Waals surface area contributed by atoms with Crippen molar-refractivity contribution in [3.05, 3.63) is 59.7 Å². The summed E-state index contributed by atoms with van der Waals surface area (Å²) in [5, 5.41) is 6.26. The molecule has 0 aliphatic carbocycles. The molecule has 2 N–H and O–H groups in total. The highest BCUT2D eigenvalue weighted by Crippen LogP contribution is 2.27. The molecule has 3 rings (SSSR count). The van der Waals surface area contributed by atoms with Gasteiger partial charge in [-0.1, -0.05) is 36.4 Å². The second-order valence-electron chi connectivity index (χ2n) is 6.18. The topological polar surface area (TPSA) is 59.6 Å². The van der Waals surface area contributed by atoms with Gasteiger partial charge in [-0.2, -0.15) is 0 Å². The Balaban J connectivity index is 1.59. The normalized spacial score (nSPS) is 17.1. The average molecular weight is 340 g/mol. The van der Waals surface area contributed by atoms with Crippen LogP contribution in [-0.4, -0.2) is 31.7 Å². The number of nitrogens with one attached hydrogen (secondary N) is 2. The molecule has 1 aliphatic heterocycles. The van der Waals surface area contributed by atoms with E-state index < -0.39 is 0 Å². The number of amides is 1. The summed E-state index contributed by atoms with van der Waals surface area (Å²) in [5.41, 5.74) is 2.02. The maximum atomic E-state index is 12.2. The molecule has 1 amide bonds. The molecule has 5 heteroatoms. The van der Waals surface area contributed by atoms with Gasteiger partial charge in [-0.25, -0.2) is 0 Å². The zero-order chi connectivity index (χ0) is 17.5. The summed E-state index contributed by atoms with van der Waals surface area (Å²) in [6.07, 6.45) is 0.417. The fraction of sp³-hybridized carbons (Fsp3) is 0.350. The quantitative estimate of drug-likeness (QED) is 0.849. The first-order valence-electron chi connectivity index (χ1n) is 8.61. The van der Waals surface area contributed by atoms with E-state index in [4.69, 9.17) is 9.47 Å². The van der Waals surface area contributed by atoms with Crippen molar-refractivity contribution < 1.29 is 14.3 Å². The molecule has 0 bridgehead atoms.